The molecule has 0 spiro atoms. The van der Waals surface area contributed by atoms with Gasteiger partial charge >= 0.3 is 5.97 Å². The zero-order valence-electron chi connectivity index (χ0n) is 13.8. The highest BCUT2D eigenvalue weighted by Crippen LogP contribution is 2.46. The Hall–Kier alpha value is -3.47. The Balaban J connectivity index is 1.76. The van der Waals surface area contributed by atoms with Crippen molar-refractivity contribution >= 4 is 11.9 Å². The molecule has 5 heteroatoms. The van der Waals surface area contributed by atoms with Crippen molar-refractivity contribution in [1.82, 2.24) is 10.3 Å². The lowest BCUT2D eigenvalue weighted by molar-refractivity contribution is -0.139. The molecule has 2 aromatic carbocycles. The fourth-order valence-electron chi connectivity index (χ4n) is 3.57. The van der Waals surface area contributed by atoms with Crippen LogP contribution in [0.2, 0.25) is 0 Å². The molecule has 0 bridgehead atoms. The largest absolute Gasteiger partial charge is 0.480 e. The summed E-state index contributed by atoms with van der Waals surface area (Å²) in [6, 6.07) is 17.5. The molecule has 1 aromatic heterocycles. The van der Waals surface area contributed by atoms with Crippen molar-refractivity contribution in [2.45, 2.75) is 12.0 Å². The maximum absolute atomic E-state index is 12.5. The van der Waals surface area contributed by atoms with Gasteiger partial charge in [-0.1, -0.05) is 48.5 Å². The summed E-state index contributed by atoms with van der Waals surface area (Å²) in [6.45, 7) is 0. The van der Waals surface area contributed by atoms with Crippen LogP contribution in [0.4, 0.5) is 0 Å². The number of carboxylic acid groups (broad SMARTS) is 1. The monoisotopic (exact) mass is 344 g/mol. The van der Waals surface area contributed by atoms with Crippen molar-refractivity contribution in [2.24, 2.45) is 0 Å². The minimum atomic E-state index is -1.07. The number of rotatable bonds is 4. The highest BCUT2D eigenvalue weighted by molar-refractivity contribution is 5.97. The van der Waals surface area contributed by atoms with Crippen LogP contribution in [-0.4, -0.2) is 28.0 Å². The summed E-state index contributed by atoms with van der Waals surface area (Å²) in [5.74, 6) is -1.93. The zero-order chi connectivity index (χ0) is 18.1. The fourth-order valence-corrected chi connectivity index (χ4v) is 3.57. The molecule has 4 rings (SSSR count). The van der Waals surface area contributed by atoms with Crippen LogP contribution in [0.3, 0.4) is 0 Å². The first-order chi connectivity index (χ1) is 12.7. The number of nitrogens with zero attached hydrogens (tertiary/aromatic N) is 1. The van der Waals surface area contributed by atoms with Crippen molar-refractivity contribution < 1.29 is 14.7 Å². The van der Waals surface area contributed by atoms with Crippen LogP contribution < -0.4 is 5.32 Å². The van der Waals surface area contributed by atoms with Gasteiger partial charge < -0.3 is 10.4 Å². The minimum absolute atomic E-state index is 0.380. The van der Waals surface area contributed by atoms with Gasteiger partial charge in [-0.05, 0) is 34.4 Å². The molecule has 0 saturated carbocycles. The van der Waals surface area contributed by atoms with E-state index in [-0.39, 0.29) is 0 Å². The number of pyridine rings is 1. The molecule has 5 nitrogen and oxygen atoms in total. The van der Waals surface area contributed by atoms with E-state index < -0.39 is 23.8 Å². The summed E-state index contributed by atoms with van der Waals surface area (Å²) in [6.07, 6.45) is 3.01. The maximum Gasteiger partial charge on any atom is 0.327 e. The standard InChI is InChI=1S/C21H16N2O3/c24-20(13-9-11-22-12-10-13)23-19(21(25)26)18-16-7-3-1-5-14(16)15-6-2-4-8-17(15)18/h1-12,18-19H,(H,23,24)(H,25,26)/t19-/m0/s1. The molecular formula is C21H16N2O3. The first-order valence-electron chi connectivity index (χ1n) is 8.29. The van der Waals surface area contributed by atoms with Crippen molar-refractivity contribution in [1.29, 1.82) is 0 Å². The number of hydrogen-bond acceptors (Lipinski definition) is 3. The van der Waals surface area contributed by atoms with Crippen LogP contribution in [0.25, 0.3) is 11.1 Å². The van der Waals surface area contributed by atoms with E-state index in [2.05, 4.69) is 10.3 Å². The van der Waals surface area contributed by atoms with Crippen molar-refractivity contribution in [3.8, 4) is 11.1 Å². The van der Waals surface area contributed by atoms with E-state index in [1.165, 1.54) is 12.4 Å². The number of carboxylic acids is 1. The highest BCUT2D eigenvalue weighted by atomic mass is 16.4. The molecule has 2 N–H and O–H groups in total. The lowest BCUT2D eigenvalue weighted by atomic mass is 9.89. The summed E-state index contributed by atoms with van der Waals surface area (Å²) in [4.78, 5) is 28.5. The van der Waals surface area contributed by atoms with E-state index in [0.29, 0.717) is 5.56 Å². The van der Waals surface area contributed by atoms with Gasteiger partial charge in [0.2, 0.25) is 0 Å². The molecule has 1 amide bonds. The number of carbonyl (C=O) groups is 2. The molecule has 0 fully saturated rings. The summed E-state index contributed by atoms with van der Waals surface area (Å²) >= 11 is 0. The van der Waals surface area contributed by atoms with Crippen LogP contribution in [-0.2, 0) is 4.79 Å². The Morgan fingerprint density at radius 1 is 0.885 bits per heavy atom. The number of amides is 1. The number of benzene rings is 2. The Morgan fingerprint density at radius 2 is 1.42 bits per heavy atom. The number of nitrogens with one attached hydrogen (secondary N) is 1. The molecule has 1 atom stereocenters. The molecule has 0 aliphatic heterocycles. The van der Waals surface area contributed by atoms with Crippen LogP contribution in [0.1, 0.15) is 27.4 Å². The van der Waals surface area contributed by atoms with Crippen LogP contribution in [0, 0.1) is 0 Å². The van der Waals surface area contributed by atoms with E-state index in [4.69, 9.17) is 0 Å². The van der Waals surface area contributed by atoms with E-state index in [9.17, 15) is 14.7 Å². The van der Waals surface area contributed by atoms with Crippen LogP contribution in [0.15, 0.2) is 73.1 Å². The minimum Gasteiger partial charge on any atom is -0.480 e. The summed E-state index contributed by atoms with van der Waals surface area (Å²) in [5.41, 5.74) is 4.23. The van der Waals surface area contributed by atoms with E-state index in [1.807, 2.05) is 48.5 Å². The average molecular weight is 344 g/mol. The van der Waals surface area contributed by atoms with Crippen molar-refractivity contribution in [3.63, 3.8) is 0 Å². The molecule has 128 valence electrons. The SMILES string of the molecule is O=C(N[C@H](C(=O)O)C1c2ccccc2-c2ccccc21)c1ccncc1. The zero-order valence-corrected chi connectivity index (χ0v) is 13.8. The van der Waals surface area contributed by atoms with E-state index >= 15 is 0 Å². The Morgan fingerprint density at radius 3 is 1.96 bits per heavy atom. The van der Waals surface area contributed by atoms with E-state index in [0.717, 1.165) is 22.3 Å². The predicted molar refractivity (Wildman–Crippen MR) is 96.8 cm³/mol. The van der Waals surface area contributed by atoms with Crippen molar-refractivity contribution in [3.05, 3.63) is 89.7 Å². The summed E-state index contributed by atoms with van der Waals surface area (Å²) in [5, 5.41) is 12.5. The molecule has 26 heavy (non-hydrogen) atoms. The van der Waals surface area contributed by atoms with Gasteiger partial charge in [0.15, 0.2) is 0 Å². The lowest BCUT2D eigenvalue weighted by Crippen LogP contribution is -2.44. The molecule has 0 unspecified atom stereocenters. The normalized spacial score (nSPS) is 13.5. The van der Waals surface area contributed by atoms with Gasteiger partial charge in [0, 0.05) is 23.9 Å². The fraction of sp³-hybridized carbons (Fsp3) is 0.0952. The number of hydrogen-bond donors (Lipinski definition) is 2. The Bertz CT molecular complexity index is 940. The lowest BCUT2D eigenvalue weighted by Gasteiger charge is -2.23. The van der Waals surface area contributed by atoms with Gasteiger partial charge in [-0.15, -0.1) is 0 Å². The summed E-state index contributed by atoms with van der Waals surface area (Å²) in [7, 11) is 0. The predicted octanol–water partition coefficient (Wildman–Crippen LogP) is 3.08. The molecule has 3 aromatic rings. The van der Waals surface area contributed by atoms with Gasteiger partial charge in [0.1, 0.15) is 6.04 Å². The first-order valence-corrected chi connectivity index (χ1v) is 8.29. The smallest absolute Gasteiger partial charge is 0.327 e. The Labute approximate surface area is 150 Å². The third-order valence-electron chi connectivity index (χ3n) is 4.71. The molecule has 1 heterocycles. The first kappa shape index (κ1) is 16.0. The van der Waals surface area contributed by atoms with Gasteiger partial charge in [-0.2, -0.15) is 0 Å². The summed E-state index contributed by atoms with van der Waals surface area (Å²) < 4.78 is 0. The Kier molecular flexibility index (Phi) is 3.97. The van der Waals surface area contributed by atoms with Gasteiger partial charge in [-0.3, -0.25) is 9.78 Å². The molecular weight excluding hydrogens is 328 g/mol. The quantitative estimate of drug-likeness (QED) is 0.762. The molecule has 1 aliphatic rings. The molecule has 0 radical (unpaired) electrons. The number of carbonyl (C=O) groups excluding carboxylic acids is 1. The van der Waals surface area contributed by atoms with Gasteiger partial charge in [0.05, 0.1) is 0 Å². The topological polar surface area (TPSA) is 79.3 Å². The molecule has 1 aliphatic carbocycles. The van der Waals surface area contributed by atoms with Gasteiger partial charge in [-0.25, -0.2) is 4.79 Å². The highest BCUT2D eigenvalue weighted by Gasteiger charge is 2.38. The number of aliphatic carboxylic acids is 1. The van der Waals surface area contributed by atoms with Gasteiger partial charge in [0.25, 0.3) is 5.91 Å². The second-order valence-electron chi connectivity index (χ2n) is 6.18. The van der Waals surface area contributed by atoms with Crippen LogP contribution >= 0.6 is 0 Å². The maximum atomic E-state index is 12.5. The van der Waals surface area contributed by atoms with Crippen LogP contribution in [0.5, 0.6) is 0 Å². The number of fused-ring (bicyclic) bond motifs is 3. The van der Waals surface area contributed by atoms with Crippen molar-refractivity contribution in [2.75, 3.05) is 0 Å². The third kappa shape index (κ3) is 2.63. The third-order valence-corrected chi connectivity index (χ3v) is 4.71. The average Bonchev–Trinajstić information content (AvgIpc) is 3.01. The second-order valence-corrected chi connectivity index (χ2v) is 6.18. The van der Waals surface area contributed by atoms with E-state index in [1.54, 1.807) is 12.1 Å². The second kappa shape index (κ2) is 6.44. The number of aromatic nitrogens is 1. The molecule has 0 saturated heterocycles.